The van der Waals surface area contributed by atoms with Crippen molar-refractivity contribution in [3.05, 3.63) is 54.4 Å². The van der Waals surface area contributed by atoms with E-state index in [-0.39, 0.29) is 11.6 Å². The molecule has 3 aromatic heterocycles. The van der Waals surface area contributed by atoms with Gasteiger partial charge in [-0.2, -0.15) is 0 Å². The van der Waals surface area contributed by atoms with Crippen molar-refractivity contribution in [2.24, 2.45) is 0 Å². The van der Waals surface area contributed by atoms with Crippen molar-refractivity contribution in [1.82, 2.24) is 20.4 Å². The third-order valence-corrected chi connectivity index (χ3v) is 2.82. The van der Waals surface area contributed by atoms with Gasteiger partial charge >= 0.3 is 0 Å². The molecule has 0 aliphatic carbocycles. The number of nitrogens with zero attached hydrogens (tertiary/aromatic N) is 3. The molecule has 0 bridgehead atoms. The summed E-state index contributed by atoms with van der Waals surface area (Å²) in [5.41, 5.74) is 1.17. The standard InChI is InChI=1S/C14H12N4O3/c19-14(17-4-3-10-7-15-9-16-8-10)11-6-13(21-18-11)12-2-1-5-20-12/h1-2,5-9H,3-4H2,(H,17,19). The quantitative estimate of drug-likeness (QED) is 0.766. The summed E-state index contributed by atoms with van der Waals surface area (Å²) in [7, 11) is 0. The Balaban J connectivity index is 1.56. The second-order valence-corrected chi connectivity index (χ2v) is 4.31. The molecular formula is C14H12N4O3. The highest BCUT2D eigenvalue weighted by atomic mass is 16.5. The third kappa shape index (κ3) is 3.14. The van der Waals surface area contributed by atoms with Crippen LogP contribution in [0.1, 0.15) is 16.1 Å². The Labute approximate surface area is 120 Å². The monoisotopic (exact) mass is 284 g/mol. The number of carbonyl (C=O) groups excluding carboxylic acids is 1. The third-order valence-electron chi connectivity index (χ3n) is 2.82. The van der Waals surface area contributed by atoms with Gasteiger partial charge in [-0.3, -0.25) is 4.79 Å². The Morgan fingerprint density at radius 2 is 2.10 bits per heavy atom. The summed E-state index contributed by atoms with van der Waals surface area (Å²) in [4.78, 5) is 19.7. The van der Waals surface area contributed by atoms with Crippen LogP contribution in [0.2, 0.25) is 0 Å². The van der Waals surface area contributed by atoms with Gasteiger partial charge in [-0.1, -0.05) is 5.16 Å². The van der Waals surface area contributed by atoms with Gasteiger partial charge in [0.15, 0.2) is 11.5 Å². The minimum absolute atomic E-state index is 0.214. The number of hydrogen-bond donors (Lipinski definition) is 1. The van der Waals surface area contributed by atoms with E-state index in [1.54, 1.807) is 30.6 Å². The fourth-order valence-corrected chi connectivity index (χ4v) is 1.79. The zero-order valence-electron chi connectivity index (χ0n) is 11.0. The normalized spacial score (nSPS) is 10.5. The molecule has 0 spiro atoms. The minimum Gasteiger partial charge on any atom is -0.461 e. The number of furan rings is 1. The van der Waals surface area contributed by atoms with E-state index >= 15 is 0 Å². The van der Waals surface area contributed by atoms with Gasteiger partial charge in [0.2, 0.25) is 5.76 Å². The molecule has 0 unspecified atom stereocenters. The largest absolute Gasteiger partial charge is 0.461 e. The van der Waals surface area contributed by atoms with Crippen LogP contribution < -0.4 is 5.32 Å². The highest BCUT2D eigenvalue weighted by Crippen LogP contribution is 2.20. The summed E-state index contributed by atoms with van der Waals surface area (Å²) in [6, 6.07) is 5.01. The predicted octanol–water partition coefficient (Wildman–Crippen LogP) is 1.70. The fourth-order valence-electron chi connectivity index (χ4n) is 1.79. The molecule has 0 aromatic carbocycles. The molecule has 1 N–H and O–H groups in total. The molecule has 7 heteroatoms. The molecule has 0 saturated heterocycles. The molecule has 3 rings (SSSR count). The van der Waals surface area contributed by atoms with Crippen molar-refractivity contribution >= 4 is 5.91 Å². The van der Waals surface area contributed by atoms with Crippen molar-refractivity contribution in [3.8, 4) is 11.5 Å². The van der Waals surface area contributed by atoms with Crippen LogP contribution >= 0.6 is 0 Å². The van der Waals surface area contributed by atoms with Crippen LogP contribution in [0.15, 0.2) is 52.1 Å². The zero-order valence-corrected chi connectivity index (χ0v) is 11.0. The van der Waals surface area contributed by atoms with E-state index < -0.39 is 0 Å². The number of rotatable bonds is 5. The molecule has 1 amide bonds. The molecule has 3 heterocycles. The van der Waals surface area contributed by atoms with E-state index in [0.29, 0.717) is 24.5 Å². The van der Waals surface area contributed by atoms with E-state index in [4.69, 9.17) is 8.94 Å². The summed E-state index contributed by atoms with van der Waals surface area (Å²) in [6.07, 6.45) is 7.07. The fraction of sp³-hybridized carbons (Fsp3) is 0.143. The Hall–Kier alpha value is -2.96. The van der Waals surface area contributed by atoms with Gasteiger partial charge in [0.05, 0.1) is 6.26 Å². The van der Waals surface area contributed by atoms with Gasteiger partial charge in [0, 0.05) is 25.0 Å². The average Bonchev–Trinajstić information content (AvgIpc) is 3.19. The number of carbonyl (C=O) groups is 1. The van der Waals surface area contributed by atoms with Crippen LogP contribution in [0.3, 0.4) is 0 Å². The maximum atomic E-state index is 11.9. The molecule has 21 heavy (non-hydrogen) atoms. The molecule has 0 radical (unpaired) electrons. The number of hydrogen-bond acceptors (Lipinski definition) is 6. The number of aromatic nitrogens is 3. The summed E-state index contributed by atoms with van der Waals surface area (Å²) < 4.78 is 10.2. The second-order valence-electron chi connectivity index (χ2n) is 4.31. The summed E-state index contributed by atoms with van der Waals surface area (Å²) in [5, 5.41) is 6.48. The van der Waals surface area contributed by atoms with Gasteiger partial charge in [-0.05, 0) is 24.1 Å². The van der Waals surface area contributed by atoms with Crippen LogP contribution in [0, 0.1) is 0 Å². The molecule has 0 saturated carbocycles. The molecule has 0 aliphatic rings. The summed E-state index contributed by atoms with van der Waals surface area (Å²) in [5.74, 6) is 0.651. The average molecular weight is 284 g/mol. The maximum absolute atomic E-state index is 11.9. The van der Waals surface area contributed by atoms with Crippen molar-refractivity contribution in [2.75, 3.05) is 6.54 Å². The second kappa shape index (κ2) is 6.00. The lowest BCUT2D eigenvalue weighted by Gasteiger charge is -2.01. The number of nitrogens with one attached hydrogen (secondary N) is 1. The van der Waals surface area contributed by atoms with Gasteiger partial charge in [0.25, 0.3) is 5.91 Å². The molecule has 3 aromatic rings. The van der Waals surface area contributed by atoms with Gasteiger partial charge in [0.1, 0.15) is 6.33 Å². The first-order chi connectivity index (χ1) is 10.3. The van der Waals surface area contributed by atoms with Crippen molar-refractivity contribution in [2.45, 2.75) is 6.42 Å². The number of amides is 1. The Morgan fingerprint density at radius 1 is 1.24 bits per heavy atom. The van der Waals surface area contributed by atoms with Gasteiger partial charge < -0.3 is 14.3 Å². The molecule has 0 fully saturated rings. The summed E-state index contributed by atoms with van der Waals surface area (Å²) in [6.45, 7) is 0.467. The Kier molecular flexibility index (Phi) is 3.72. The Morgan fingerprint density at radius 3 is 2.86 bits per heavy atom. The lowest BCUT2D eigenvalue weighted by atomic mass is 10.2. The van der Waals surface area contributed by atoms with Gasteiger partial charge in [-0.15, -0.1) is 0 Å². The van der Waals surface area contributed by atoms with Crippen LogP contribution in [-0.4, -0.2) is 27.6 Å². The van der Waals surface area contributed by atoms with Crippen LogP contribution in [0.5, 0.6) is 0 Å². The van der Waals surface area contributed by atoms with Crippen molar-refractivity contribution in [3.63, 3.8) is 0 Å². The Bertz CT molecular complexity index is 707. The van der Waals surface area contributed by atoms with E-state index in [1.165, 1.54) is 12.6 Å². The van der Waals surface area contributed by atoms with E-state index in [0.717, 1.165) is 5.56 Å². The van der Waals surface area contributed by atoms with E-state index in [9.17, 15) is 4.79 Å². The molecule has 0 aliphatic heterocycles. The van der Waals surface area contributed by atoms with Crippen LogP contribution in [0.25, 0.3) is 11.5 Å². The smallest absolute Gasteiger partial charge is 0.273 e. The van der Waals surface area contributed by atoms with Crippen molar-refractivity contribution in [1.29, 1.82) is 0 Å². The first kappa shape index (κ1) is 13.0. The topological polar surface area (TPSA) is 94.1 Å². The van der Waals surface area contributed by atoms with E-state index in [2.05, 4.69) is 20.4 Å². The lowest BCUT2D eigenvalue weighted by Crippen LogP contribution is -2.25. The molecular weight excluding hydrogens is 272 g/mol. The first-order valence-corrected chi connectivity index (χ1v) is 6.35. The zero-order chi connectivity index (χ0) is 14.5. The van der Waals surface area contributed by atoms with E-state index in [1.807, 2.05) is 0 Å². The molecule has 106 valence electrons. The minimum atomic E-state index is -0.298. The summed E-state index contributed by atoms with van der Waals surface area (Å²) >= 11 is 0. The first-order valence-electron chi connectivity index (χ1n) is 6.35. The highest BCUT2D eigenvalue weighted by Gasteiger charge is 2.14. The van der Waals surface area contributed by atoms with Crippen LogP contribution in [-0.2, 0) is 6.42 Å². The molecule has 7 nitrogen and oxygen atoms in total. The predicted molar refractivity (Wildman–Crippen MR) is 72.3 cm³/mol. The maximum Gasteiger partial charge on any atom is 0.273 e. The highest BCUT2D eigenvalue weighted by molar-refractivity contribution is 5.92. The lowest BCUT2D eigenvalue weighted by molar-refractivity contribution is 0.0945. The van der Waals surface area contributed by atoms with Crippen molar-refractivity contribution < 1.29 is 13.7 Å². The van der Waals surface area contributed by atoms with Gasteiger partial charge in [-0.25, -0.2) is 9.97 Å². The van der Waals surface area contributed by atoms with Crippen LogP contribution in [0.4, 0.5) is 0 Å². The SMILES string of the molecule is O=C(NCCc1cncnc1)c1cc(-c2ccco2)on1. The molecule has 0 atom stereocenters.